The molecule has 0 saturated heterocycles. The summed E-state index contributed by atoms with van der Waals surface area (Å²) < 4.78 is 32.4. The van der Waals surface area contributed by atoms with Gasteiger partial charge in [0, 0.05) is 16.1 Å². The van der Waals surface area contributed by atoms with E-state index >= 15 is 0 Å². The van der Waals surface area contributed by atoms with Gasteiger partial charge in [0.1, 0.15) is 12.3 Å². The van der Waals surface area contributed by atoms with Gasteiger partial charge in [-0.25, -0.2) is 0 Å². The molecule has 2 aromatic rings. The Balaban J connectivity index is 2.13. The first-order valence-electron chi connectivity index (χ1n) is 5.00. The molecule has 5 nitrogen and oxygen atoms in total. The van der Waals surface area contributed by atoms with Crippen LogP contribution in [0.15, 0.2) is 39.3 Å². The van der Waals surface area contributed by atoms with E-state index < -0.39 is 10.1 Å². The largest absolute Gasteiger partial charge is 0.356 e. The van der Waals surface area contributed by atoms with Gasteiger partial charge in [-0.2, -0.15) is 8.42 Å². The van der Waals surface area contributed by atoms with Crippen molar-refractivity contribution in [2.24, 2.45) is 0 Å². The van der Waals surface area contributed by atoms with Crippen LogP contribution >= 0.6 is 15.9 Å². The highest BCUT2D eigenvalue weighted by molar-refractivity contribution is 9.10. The number of rotatable bonds is 4. The SMILES string of the molecule is CS(=O)(=O)OCc1cc(-c2ccc(Br)cc2)on1. The van der Waals surface area contributed by atoms with E-state index in [-0.39, 0.29) is 6.61 Å². The maximum absolute atomic E-state index is 10.8. The van der Waals surface area contributed by atoms with E-state index in [9.17, 15) is 8.42 Å². The Bertz CT molecular complexity index is 633. The van der Waals surface area contributed by atoms with Crippen LogP contribution in [0.1, 0.15) is 5.69 Å². The topological polar surface area (TPSA) is 69.4 Å². The molecular weight excluding hydrogens is 322 g/mol. The van der Waals surface area contributed by atoms with Crippen molar-refractivity contribution in [1.29, 1.82) is 0 Å². The second kappa shape index (κ2) is 5.21. The van der Waals surface area contributed by atoms with E-state index in [1.165, 1.54) is 0 Å². The smallest absolute Gasteiger partial charge is 0.264 e. The van der Waals surface area contributed by atoms with Gasteiger partial charge in [-0.15, -0.1) is 0 Å². The summed E-state index contributed by atoms with van der Waals surface area (Å²) in [5.74, 6) is 0.564. The molecule has 1 heterocycles. The quantitative estimate of drug-likeness (QED) is 0.805. The molecule has 0 fully saturated rings. The first kappa shape index (κ1) is 13.3. The van der Waals surface area contributed by atoms with Crippen LogP contribution in [0.5, 0.6) is 0 Å². The highest BCUT2D eigenvalue weighted by Crippen LogP contribution is 2.22. The van der Waals surface area contributed by atoms with Gasteiger partial charge in [0.05, 0.1) is 6.26 Å². The minimum atomic E-state index is -3.47. The molecule has 0 unspecified atom stereocenters. The Morgan fingerprint density at radius 1 is 1.33 bits per heavy atom. The summed E-state index contributed by atoms with van der Waals surface area (Å²) >= 11 is 3.34. The second-order valence-electron chi connectivity index (χ2n) is 3.66. The summed E-state index contributed by atoms with van der Waals surface area (Å²) in [5, 5.41) is 3.74. The molecule has 0 bridgehead atoms. The number of halogens is 1. The molecule has 1 aromatic heterocycles. The second-order valence-corrected chi connectivity index (χ2v) is 6.22. The van der Waals surface area contributed by atoms with Crippen molar-refractivity contribution in [3.63, 3.8) is 0 Å². The lowest BCUT2D eigenvalue weighted by Crippen LogP contribution is -2.02. The molecule has 7 heteroatoms. The monoisotopic (exact) mass is 331 g/mol. The molecule has 0 amide bonds. The highest BCUT2D eigenvalue weighted by Gasteiger charge is 2.09. The summed E-state index contributed by atoms with van der Waals surface area (Å²) in [7, 11) is -3.47. The molecule has 0 N–H and O–H groups in total. The lowest BCUT2D eigenvalue weighted by Gasteiger charge is -1.95. The molecule has 0 atom stereocenters. The van der Waals surface area contributed by atoms with Gasteiger partial charge in [0.2, 0.25) is 0 Å². The summed E-state index contributed by atoms with van der Waals surface area (Å²) in [5.41, 5.74) is 1.29. The van der Waals surface area contributed by atoms with Crippen LogP contribution in [0.4, 0.5) is 0 Å². The van der Waals surface area contributed by atoms with Crippen molar-refractivity contribution in [1.82, 2.24) is 5.16 Å². The van der Waals surface area contributed by atoms with Crippen LogP contribution in [0.3, 0.4) is 0 Å². The van der Waals surface area contributed by atoms with Crippen LogP contribution in [-0.2, 0) is 20.9 Å². The molecule has 0 aliphatic heterocycles. The summed E-state index contributed by atoms with van der Waals surface area (Å²) in [4.78, 5) is 0. The van der Waals surface area contributed by atoms with E-state index in [1.807, 2.05) is 24.3 Å². The Morgan fingerprint density at radius 3 is 2.61 bits per heavy atom. The standard InChI is InChI=1S/C11H10BrNO4S/c1-18(14,15)16-7-10-6-11(17-13-10)8-2-4-9(12)5-3-8/h2-6H,7H2,1H3. The number of hydrogen-bond acceptors (Lipinski definition) is 5. The summed E-state index contributed by atoms with van der Waals surface area (Å²) in [6, 6.07) is 9.14. The first-order chi connectivity index (χ1) is 8.44. The van der Waals surface area contributed by atoms with Crippen LogP contribution < -0.4 is 0 Å². The third-order valence-electron chi connectivity index (χ3n) is 2.11. The van der Waals surface area contributed by atoms with Gasteiger partial charge in [0.25, 0.3) is 10.1 Å². The maximum atomic E-state index is 10.8. The Labute approximate surface area is 113 Å². The minimum absolute atomic E-state index is 0.126. The van der Waals surface area contributed by atoms with E-state index in [0.717, 1.165) is 16.3 Å². The van der Waals surface area contributed by atoms with Gasteiger partial charge in [0.15, 0.2) is 5.76 Å². The maximum Gasteiger partial charge on any atom is 0.264 e. The van der Waals surface area contributed by atoms with E-state index in [0.29, 0.717) is 11.5 Å². The zero-order chi connectivity index (χ0) is 13.2. The number of nitrogens with zero attached hydrogens (tertiary/aromatic N) is 1. The Hall–Kier alpha value is -1.18. The molecule has 1 aromatic carbocycles. The molecule has 0 aliphatic carbocycles. The van der Waals surface area contributed by atoms with Gasteiger partial charge in [-0.05, 0) is 12.1 Å². The summed E-state index contributed by atoms with van der Waals surface area (Å²) in [6.07, 6.45) is 0.989. The Morgan fingerprint density at radius 2 is 2.00 bits per heavy atom. The zero-order valence-electron chi connectivity index (χ0n) is 9.46. The number of hydrogen-bond donors (Lipinski definition) is 0. The third kappa shape index (κ3) is 3.66. The van der Waals surface area contributed by atoms with Crippen molar-refractivity contribution >= 4 is 26.0 Å². The average molecular weight is 332 g/mol. The highest BCUT2D eigenvalue weighted by atomic mass is 79.9. The van der Waals surface area contributed by atoms with Crippen molar-refractivity contribution in [3.05, 3.63) is 40.5 Å². The van der Waals surface area contributed by atoms with Gasteiger partial charge in [-0.1, -0.05) is 33.2 Å². The molecule has 0 spiro atoms. The molecule has 96 valence electrons. The van der Waals surface area contributed by atoms with Crippen molar-refractivity contribution in [2.45, 2.75) is 6.61 Å². The lowest BCUT2D eigenvalue weighted by molar-refractivity contribution is 0.296. The number of benzene rings is 1. The summed E-state index contributed by atoms with van der Waals surface area (Å²) in [6.45, 7) is -0.126. The third-order valence-corrected chi connectivity index (χ3v) is 3.18. The van der Waals surface area contributed by atoms with Crippen molar-refractivity contribution in [3.8, 4) is 11.3 Å². The van der Waals surface area contributed by atoms with Crippen LogP contribution in [0.25, 0.3) is 11.3 Å². The first-order valence-corrected chi connectivity index (χ1v) is 7.61. The molecular formula is C11H10BrNO4S. The predicted octanol–water partition coefficient (Wildman–Crippen LogP) is 2.58. The normalized spacial score (nSPS) is 11.7. The molecule has 0 radical (unpaired) electrons. The van der Waals surface area contributed by atoms with Crippen molar-refractivity contribution < 1.29 is 17.1 Å². The molecule has 18 heavy (non-hydrogen) atoms. The van der Waals surface area contributed by atoms with Crippen LogP contribution in [-0.4, -0.2) is 19.8 Å². The molecule has 2 rings (SSSR count). The fourth-order valence-corrected chi connectivity index (χ4v) is 1.90. The lowest BCUT2D eigenvalue weighted by atomic mass is 10.2. The van der Waals surface area contributed by atoms with E-state index in [2.05, 4.69) is 25.3 Å². The number of aromatic nitrogens is 1. The van der Waals surface area contributed by atoms with Gasteiger partial charge in [-0.3, -0.25) is 4.18 Å². The molecule has 0 aliphatic rings. The molecule has 0 saturated carbocycles. The van der Waals surface area contributed by atoms with Gasteiger partial charge >= 0.3 is 0 Å². The minimum Gasteiger partial charge on any atom is -0.356 e. The van der Waals surface area contributed by atoms with Crippen molar-refractivity contribution in [2.75, 3.05) is 6.26 Å². The predicted molar refractivity (Wildman–Crippen MR) is 69.3 cm³/mol. The fraction of sp³-hybridized carbons (Fsp3) is 0.182. The van der Waals surface area contributed by atoms with E-state index in [4.69, 9.17) is 4.52 Å². The Kier molecular flexibility index (Phi) is 3.84. The van der Waals surface area contributed by atoms with Gasteiger partial charge < -0.3 is 4.52 Å². The van der Waals surface area contributed by atoms with E-state index in [1.54, 1.807) is 6.07 Å². The fourth-order valence-electron chi connectivity index (χ4n) is 1.30. The van der Waals surface area contributed by atoms with Crippen LogP contribution in [0.2, 0.25) is 0 Å². The average Bonchev–Trinajstić information content (AvgIpc) is 2.75. The van der Waals surface area contributed by atoms with Crippen LogP contribution in [0, 0.1) is 0 Å². The zero-order valence-corrected chi connectivity index (χ0v) is 11.9.